The van der Waals surface area contributed by atoms with Crippen LogP contribution in [0.1, 0.15) is 34.8 Å². The van der Waals surface area contributed by atoms with Crippen molar-refractivity contribution < 1.29 is 4.79 Å². The van der Waals surface area contributed by atoms with Crippen LogP contribution in [0.15, 0.2) is 11.4 Å². The number of carbonyl (C=O) groups is 1. The van der Waals surface area contributed by atoms with Crippen LogP contribution in [0.3, 0.4) is 0 Å². The second kappa shape index (κ2) is 4.87. The molecule has 2 aromatic heterocycles. The first kappa shape index (κ1) is 12.7. The van der Waals surface area contributed by atoms with E-state index in [9.17, 15) is 4.79 Å². The van der Waals surface area contributed by atoms with Crippen LogP contribution >= 0.6 is 11.3 Å². The lowest BCUT2D eigenvalue weighted by Gasteiger charge is -2.02. The lowest BCUT2D eigenvalue weighted by atomic mass is 10.3. The van der Waals surface area contributed by atoms with Gasteiger partial charge in [-0.15, -0.1) is 11.3 Å². The monoisotopic (exact) mass is 265 g/mol. The molecule has 2 aromatic rings. The molecule has 6 nitrogen and oxygen atoms in total. The van der Waals surface area contributed by atoms with E-state index in [1.54, 1.807) is 17.8 Å². The third-order valence-electron chi connectivity index (χ3n) is 2.44. The predicted molar refractivity (Wildman–Crippen MR) is 70.6 cm³/mol. The Labute approximate surface area is 109 Å². The van der Waals surface area contributed by atoms with Crippen molar-refractivity contribution in [3.8, 4) is 0 Å². The summed E-state index contributed by atoms with van der Waals surface area (Å²) >= 11 is 1.36. The normalized spacial score (nSPS) is 12.4. The average molecular weight is 265 g/mol. The third kappa shape index (κ3) is 2.57. The second-order valence-electron chi connectivity index (χ2n) is 4.11. The number of hydrogen-bond donors (Lipinski definition) is 2. The molecule has 0 radical (unpaired) electrons. The molecule has 18 heavy (non-hydrogen) atoms. The average Bonchev–Trinajstić information content (AvgIpc) is 2.85. The van der Waals surface area contributed by atoms with Crippen LogP contribution in [0.25, 0.3) is 0 Å². The van der Waals surface area contributed by atoms with Crippen molar-refractivity contribution in [1.82, 2.24) is 14.8 Å². The number of anilines is 1. The van der Waals surface area contributed by atoms with Gasteiger partial charge in [0, 0.05) is 18.5 Å². The fourth-order valence-electron chi connectivity index (χ4n) is 1.54. The molecule has 0 aromatic carbocycles. The van der Waals surface area contributed by atoms with Gasteiger partial charge in [0.2, 0.25) is 0 Å². The van der Waals surface area contributed by atoms with E-state index in [0.717, 1.165) is 11.4 Å². The molecule has 0 aliphatic heterocycles. The smallest absolute Gasteiger partial charge is 0.275 e. The highest BCUT2D eigenvalue weighted by Gasteiger charge is 2.14. The Hall–Kier alpha value is -1.73. The Bertz CT molecular complexity index is 572. The summed E-state index contributed by atoms with van der Waals surface area (Å²) in [5.41, 5.74) is 7.80. The van der Waals surface area contributed by atoms with Gasteiger partial charge in [-0.2, -0.15) is 5.10 Å². The maximum absolute atomic E-state index is 12.0. The molecule has 1 atom stereocenters. The van der Waals surface area contributed by atoms with Gasteiger partial charge in [0.25, 0.3) is 5.91 Å². The van der Waals surface area contributed by atoms with Crippen LogP contribution in [-0.4, -0.2) is 20.7 Å². The maximum atomic E-state index is 12.0. The van der Waals surface area contributed by atoms with Gasteiger partial charge in [-0.25, -0.2) is 4.98 Å². The number of rotatable bonds is 3. The molecular weight excluding hydrogens is 250 g/mol. The van der Waals surface area contributed by atoms with Crippen molar-refractivity contribution in [3.63, 3.8) is 0 Å². The first-order valence-corrected chi connectivity index (χ1v) is 6.38. The van der Waals surface area contributed by atoms with Gasteiger partial charge in [-0.05, 0) is 19.9 Å². The number of nitrogens with zero attached hydrogens (tertiary/aromatic N) is 3. The zero-order chi connectivity index (χ0) is 13.3. The SMILES string of the molecule is Cc1cc(C(=O)Nc2nc(C(C)N)cs2)n(C)n1. The van der Waals surface area contributed by atoms with Gasteiger partial charge >= 0.3 is 0 Å². The molecule has 0 saturated carbocycles. The number of thiazole rings is 1. The quantitative estimate of drug-likeness (QED) is 0.879. The van der Waals surface area contributed by atoms with Gasteiger partial charge in [0.15, 0.2) is 5.13 Å². The summed E-state index contributed by atoms with van der Waals surface area (Å²) in [7, 11) is 1.73. The highest BCUT2D eigenvalue weighted by molar-refractivity contribution is 7.14. The highest BCUT2D eigenvalue weighted by atomic mass is 32.1. The van der Waals surface area contributed by atoms with Crippen molar-refractivity contribution >= 4 is 22.4 Å². The van der Waals surface area contributed by atoms with E-state index in [1.807, 2.05) is 19.2 Å². The molecule has 2 heterocycles. The minimum Gasteiger partial charge on any atom is -0.323 e. The first-order valence-electron chi connectivity index (χ1n) is 5.50. The van der Waals surface area contributed by atoms with E-state index in [-0.39, 0.29) is 11.9 Å². The molecule has 0 aliphatic rings. The van der Waals surface area contributed by atoms with Crippen LogP contribution in [0.4, 0.5) is 5.13 Å². The Morgan fingerprint density at radius 3 is 2.83 bits per heavy atom. The summed E-state index contributed by atoms with van der Waals surface area (Å²) in [6, 6.07) is 1.60. The van der Waals surface area contributed by atoms with Crippen LogP contribution in [0.2, 0.25) is 0 Å². The highest BCUT2D eigenvalue weighted by Crippen LogP contribution is 2.19. The largest absolute Gasteiger partial charge is 0.323 e. The van der Waals surface area contributed by atoms with Crippen LogP contribution in [0.5, 0.6) is 0 Å². The summed E-state index contributed by atoms with van der Waals surface area (Å²) in [5.74, 6) is -0.219. The van der Waals surface area contributed by atoms with Crippen LogP contribution in [-0.2, 0) is 7.05 Å². The molecule has 2 rings (SSSR count). The van der Waals surface area contributed by atoms with Crippen molar-refractivity contribution in [2.24, 2.45) is 12.8 Å². The molecule has 1 amide bonds. The van der Waals surface area contributed by atoms with Crippen molar-refractivity contribution in [1.29, 1.82) is 0 Å². The van der Waals surface area contributed by atoms with Gasteiger partial charge in [0.1, 0.15) is 5.69 Å². The topological polar surface area (TPSA) is 85.8 Å². The van der Waals surface area contributed by atoms with E-state index in [4.69, 9.17) is 5.73 Å². The molecular formula is C11H15N5OS. The van der Waals surface area contributed by atoms with Crippen molar-refractivity contribution in [2.75, 3.05) is 5.32 Å². The van der Waals surface area contributed by atoms with E-state index in [2.05, 4.69) is 15.4 Å². The number of carbonyl (C=O) groups excluding carboxylic acids is 1. The lowest BCUT2D eigenvalue weighted by Crippen LogP contribution is -2.16. The minimum absolute atomic E-state index is 0.133. The number of hydrogen-bond acceptors (Lipinski definition) is 5. The minimum atomic E-state index is -0.219. The van der Waals surface area contributed by atoms with Crippen LogP contribution in [0, 0.1) is 6.92 Å². The maximum Gasteiger partial charge on any atom is 0.275 e. The van der Waals surface area contributed by atoms with E-state index in [0.29, 0.717) is 10.8 Å². The molecule has 1 unspecified atom stereocenters. The Morgan fingerprint density at radius 1 is 1.61 bits per heavy atom. The number of amides is 1. The second-order valence-corrected chi connectivity index (χ2v) is 4.97. The number of nitrogens with one attached hydrogen (secondary N) is 1. The van der Waals surface area contributed by atoms with Crippen molar-refractivity contribution in [2.45, 2.75) is 19.9 Å². The van der Waals surface area contributed by atoms with E-state index < -0.39 is 0 Å². The number of aromatic nitrogens is 3. The Kier molecular flexibility index (Phi) is 3.44. The van der Waals surface area contributed by atoms with E-state index >= 15 is 0 Å². The third-order valence-corrected chi connectivity index (χ3v) is 3.22. The number of aryl methyl sites for hydroxylation is 2. The zero-order valence-electron chi connectivity index (χ0n) is 10.5. The molecule has 0 saturated heterocycles. The fraction of sp³-hybridized carbons (Fsp3) is 0.364. The van der Waals surface area contributed by atoms with E-state index in [1.165, 1.54) is 11.3 Å². The Morgan fingerprint density at radius 2 is 2.33 bits per heavy atom. The molecule has 0 aliphatic carbocycles. The molecule has 7 heteroatoms. The van der Waals surface area contributed by atoms with Crippen molar-refractivity contribution in [3.05, 3.63) is 28.5 Å². The first-order chi connectivity index (χ1) is 8.47. The summed E-state index contributed by atoms with van der Waals surface area (Å²) in [5, 5.41) is 9.26. The Balaban J connectivity index is 2.13. The standard InChI is InChI=1S/C11H15N5OS/c1-6-4-9(16(3)15-6)10(17)14-11-13-8(5-18-11)7(2)12/h4-5,7H,12H2,1-3H3,(H,13,14,17). The summed E-state index contributed by atoms with van der Waals surface area (Å²) < 4.78 is 1.55. The van der Waals surface area contributed by atoms with Gasteiger partial charge in [-0.3, -0.25) is 14.8 Å². The predicted octanol–water partition coefficient (Wildman–Crippen LogP) is 1.46. The summed E-state index contributed by atoms with van der Waals surface area (Å²) in [4.78, 5) is 16.2. The van der Waals surface area contributed by atoms with Gasteiger partial charge < -0.3 is 5.73 Å². The van der Waals surface area contributed by atoms with Gasteiger partial charge in [-0.1, -0.05) is 0 Å². The zero-order valence-corrected chi connectivity index (χ0v) is 11.3. The summed E-state index contributed by atoms with van der Waals surface area (Å²) in [6.45, 7) is 3.69. The fourth-order valence-corrected chi connectivity index (χ4v) is 2.35. The van der Waals surface area contributed by atoms with Crippen LogP contribution < -0.4 is 11.1 Å². The molecule has 0 fully saturated rings. The van der Waals surface area contributed by atoms with Gasteiger partial charge in [0.05, 0.1) is 11.4 Å². The molecule has 96 valence electrons. The molecule has 3 N–H and O–H groups in total. The summed E-state index contributed by atoms with van der Waals surface area (Å²) in [6.07, 6.45) is 0. The lowest BCUT2D eigenvalue weighted by molar-refractivity contribution is 0.101. The number of nitrogens with two attached hydrogens (primary N) is 1. The molecule has 0 spiro atoms. The molecule has 0 bridgehead atoms.